The lowest BCUT2D eigenvalue weighted by atomic mass is 9.88. The summed E-state index contributed by atoms with van der Waals surface area (Å²) in [5, 5.41) is 3.58. The molecule has 106 valence electrons. The SMILES string of the molecule is CCCNCC(CCC)CC1COc2ccccc21. The molecule has 2 heteroatoms. The maximum Gasteiger partial charge on any atom is 0.122 e. The summed E-state index contributed by atoms with van der Waals surface area (Å²) in [4.78, 5) is 0. The minimum Gasteiger partial charge on any atom is -0.493 e. The lowest BCUT2D eigenvalue weighted by Gasteiger charge is -2.20. The van der Waals surface area contributed by atoms with Gasteiger partial charge < -0.3 is 10.1 Å². The van der Waals surface area contributed by atoms with Crippen LogP contribution in [0.15, 0.2) is 24.3 Å². The molecular weight excluding hydrogens is 234 g/mol. The summed E-state index contributed by atoms with van der Waals surface area (Å²) in [5.74, 6) is 2.47. The van der Waals surface area contributed by atoms with Gasteiger partial charge in [-0.25, -0.2) is 0 Å². The van der Waals surface area contributed by atoms with Crippen LogP contribution in [0.5, 0.6) is 5.75 Å². The van der Waals surface area contributed by atoms with Gasteiger partial charge in [-0.15, -0.1) is 0 Å². The van der Waals surface area contributed by atoms with Crippen molar-refractivity contribution < 1.29 is 4.74 Å². The number of hydrogen-bond acceptors (Lipinski definition) is 2. The zero-order valence-corrected chi connectivity index (χ0v) is 12.3. The van der Waals surface area contributed by atoms with E-state index in [0.717, 1.165) is 31.4 Å². The first kappa shape index (κ1) is 14.4. The lowest BCUT2D eigenvalue weighted by Crippen LogP contribution is -2.25. The molecule has 0 aliphatic carbocycles. The topological polar surface area (TPSA) is 21.3 Å². The Kier molecular flexibility index (Phi) is 5.71. The number of rotatable bonds is 8. The van der Waals surface area contributed by atoms with Crippen LogP contribution < -0.4 is 10.1 Å². The van der Waals surface area contributed by atoms with Gasteiger partial charge in [-0.1, -0.05) is 38.5 Å². The van der Waals surface area contributed by atoms with E-state index in [1.54, 1.807) is 0 Å². The summed E-state index contributed by atoms with van der Waals surface area (Å²) < 4.78 is 5.80. The van der Waals surface area contributed by atoms with E-state index in [9.17, 15) is 0 Å². The first-order valence-electron chi connectivity index (χ1n) is 7.77. The van der Waals surface area contributed by atoms with Gasteiger partial charge in [0.25, 0.3) is 0 Å². The number of hydrogen-bond donors (Lipinski definition) is 1. The predicted molar refractivity (Wildman–Crippen MR) is 80.9 cm³/mol. The Morgan fingerprint density at radius 1 is 1.26 bits per heavy atom. The standard InChI is InChI=1S/C17H27NO/c1-3-7-14(12-18-10-4-2)11-15-13-19-17-9-6-5-8-16(15)17/h5-6,8-9,14-15,18H,3-4,7,10-13H2,1-2H3. The zero-order valence-electron chi connectivity index (χ0n) is 12.3. The molecule has 1 heterocycles. The van der Waals surface area contributed by atoms with Gasteiger partial charge >= 0.3 is 0 Å². The van der Waals surface area contributed by atoms with Gasteiger partial charge in [0.05, 0.1) is 6.61 Å². The molecule has 0 radical (unpaired) electrons. The van der Waals surface area contributed by atoms with E-state index in [1.807, 2.05) is 0 Å². The molecule has 0 spiro atoms. The summed E-state index contributed by atoms with van der Waals surface area (Å²) in [5.41, 5.74) is 1.42. The van der Waals surface area contributed by atoms with Crippen molar-refractivity contribution in [1.29, 1.82) is 0 Å². The van der Waals surface area contributed by atoms with E-state index in [-0.39, 0.29) is 0 Å². The Hall–Kier alpha value is -1.02. The van der Waals surface area contributed by atoms with Gasteiger partial charge in [-0.05, 0) is 44.3 Å². The van der Waals surface area contributed by atoms with E-state index in [0.29, 0.717) is 5.92 Å². The Morgan fingerprint density at radius 3 is 2.89 bits per heavy atom. The number of benzene rings is 1. The van der Waals surface area contributed by atoms with Crippen molar-refractivity contribution in [3.8, 4) is 5.75 Å². The highest BCUT2D eigenvalue weighted by atomic mass is 16.5. The molecule has 2 atom stereocenters. The van der Waals surface area contributed by atoms with Gasteiger partial charge in [0, 0.05) is 11.5 Å². The molecule has 2 nitrogen and oxygen atoms in total. The summed E-state index contributed by atoms with van der Waals surface area (Å²) >= 11 is 0. The third-order valence-electron chi connectivity index (χ3n) is 3.97. The first-order chi connectivity index (χ1) is 9.35. The smallest absolute Gasteiger partial charge is 0.122 e. The molecule has 1 aromatic carbocycles. The van der Waals surface area contributed by atoms with E-state index in [1.165, 1.54) is 31.2 Å². The second kappa shape index (κ2) is 7.54. The van der Waals surface area contributed by atoms with Gasteiger partial charge in [0.2, 0.25) is 0 Å². The number of fused-ring (bicyclic) bond motifs is 1. The number of para-hydroxylation sites is 1. The van der Waals surface area contributed by atoms with Crippen molar-refractivity contribution in [2.24, 2.45) is 5.92 Å². The number of nitrogens with one attached hydrogen (secondary N) is 1. The highest BCUT2D eigenvalue weighted by Gasteiger charge is 2.26. The van der Waals surface area contributed by atoms with Crippen molar-refractivity contribution in [2.45, 2.75) is 45.4 Å². The minimum absolute atomic E-state index is 0.594. The van der Waals surface area contributed by atoms with Crippen molar-refractivity contribution in [3.05, 3.63) is 29.8 Å². The summed E-state index contributed by atoms with van der Waals surface area (Å²) in [7, 11) is 0. The molecule has 0 saturated heterocycles. The molecule has 1 aromatic rings. The summed E-state index contributed by atoms with van der Waals surface area (Å²) in [6.45, 7) is 7.67. The summed E-state index contributed by atoms with van der Waals surface area (Å²) in [6.07, 6.45) is 5.05. The fourth-order valence-corrected chi connectivity index (χ4v) is 3.02. The molecule has 1 aliphatic rings. The monoisotopic (exact) mass is 261 g/mol. The zero-order chi connectivity index (χ0) is 13.5. The quantitative estimate of drug-likeness (QED) is 0.715. The largest absolute Gasteiger partial charge is 0.493 e. The fraction of sp³-hybridized carbons (Fsp3) is 0.647. The Morgan fingerprint density at radius 2 is 2.11 bits per heavy atom. The molecule has 19 heavy (non-hydrogen) atoms. The molecule has 1 N–H and O–H groups in total. The molecule has 0 bridgehead atoms. The molecule has 2 rings (SSSR count). The van der Waals surface area contributed by atoms with Crippen LogP contribution >= 0.6 is 0 Å². The van der Waals surface area contributed by atoms with Crippen LogP contribution in [0.1, 0.15) is 51.0 Å². The first-order valence-corrected chi connectivity index (χ1v) is 7.77. The average Bonchev–Trinajstić information content (AvgIpc) is 2.83. The van der Waals surface area contributed by atoms with Gasteiger partial charge in [0.15, 0.2) is 0 Å². The van der Waals surface area contributed by atoms with Crippen LogP contribution in [-0.4, -0.2) is 19.7 Å². The Bertz CT molecular complexity index is 377. The van der Waals surface area contributed by atoms with E-state index >= 15 is 0 Å². The van der Waals surface area contributed by atoms with Crippen LogP contribution in [0.3, 0.4) is 0 Å². The van der Waals surface area contributed by atoms with Crippen molar-refractivity contribution in [1.82, 2.24) is 5.32 Å². The van der Waals surface area contributed by atoms with Crippen molar-refractivity contribution in [3.63, 3.8) is 0 Å². The number of ether oxygens (including phenoxy) is 1. The minimum atomic E-state index is 0.594. The Balaban J connectivity index is 1.90. The molecule has 0 saturated carbocycles. The second-order valence-electron chi connectivity index (χ2n) is 5.64. The van der Waals surface area contributed by atoms with E-state index in [2.05, 4.69) is 43.4 Å². The third-order valence-corrected chi connectivity index (χ3v) is 3.97. The second-order valence-corrected chi connectivity index (χ2v) is 5.64. The van der Waals surface area contributed by atoms with Crippen LogP contribution in [0, 0.1) is 5.92 Å². The van der Waals surface area contributed by atoms with Gasteiger partial charge in [-0.2, -0.15) is 0 Å². The van der Waals surface area contributed by atoms with Crippen LogP contribution in [0.25, 0.3) is 0 Å². The highest BCUT2D eigenvalue weighted by Crippen LogP contribution is 2.37. The molecule has 0 aromatic heterocycles. The Labute approximate surface area is 117 Å². The van der Waals surface area contributed by atoms with Crippen LogP contribution in [-0.2, 0) is 0 Å². The maximum absolute atomic E-state index is 5.80. The lowest BCUT2D eigenvalue weighted by molar-refractivity contribution is 0.297. The van der Waals surface area contributed by atoms with Gasteiger partial charge in [0.1, 0.15) is 5.75 Å². The third kappa shape index (κ3) is 3.97. The van der Waals surface area contributed by atoms with E-state index in [4.69, 9.17) is 4.74 Å². The van der Waals surface area contributed by atoms with Crippen LogP contribution in [0.4, 0.5) is 0 Å². The van der Waals surface area contributed by atoms with Crippen molar-refractivity contribution in [2.75, 3.05) is 19.7 Å². The van der Waals surface area contributed by atoms with Crippen LogP contribution in [0.2, 0.25) is 0 Å². The highest BCUT2D eigenvalue weighted by molar-refractivity contribution is 5.39. The maximum atomic E-state index is 5.80. The summed E-state index contributed by atoms with van der Waals surface area (Å²) in [6, 6.07) is 8.52. The molecule has 0 fully saturated rings. The van der Waals surface area contributed by atoms with Crippen molar-refractivity contribution >= 4 is 0 Å². The normalized spacial score (nSPS) is 18.9. The predicted octanol–water partition coefficient (Wildman–Crippen LogP) is 3.97. The molecule has 2 unspecified atom stereocenters. The van der Waals surface area contributed by atoms with E-state index < -0.39 is 0 Å². The fourth-order valence-electron chi connectivity index (χ4n) is 3.02. The molecule has 1 aliphatic heterocycles. The average molecular weight is 261 g/mol. The molecular formula is C17H27NO. The molecule has 0 amide bonds. The van der Waals surface area contributed by atoms with Gasteiger partial charge in [-0.3, -0.25) is 0 Å².